The van der Waals surface area contributed by atoms with Gasteiger partial charge in [-0.2, -0.15) is 0 Å². The maximum atomic E-state index is 12.0. The summed E-state index contributed by atoms with van der Waals surface area (Å²) in [4.78, 5) is 14.3. The zero-order valence-corrected chi connectivity index (χ0v) is 12.6. The first-order valence-electron chi connectivity index (χ1n) is 7.99. The number of benzene rings is 1. The number of rotatable bonds is 7. The van der Waals surface area contributed by atoms with Crippen LogP contribution in [0.2, 0.25) is 0 Å². The van der Waals surface area contributed by atoms with Crippen LogP contribution in [0.5, 0.6) is 0 Å². The number of anilines is 1. The predicted octanol–water partition coefficient (Wildman–Crippen LogP) is 2.64. The Morgan fingerprint density at radius 3 is 2.52 bits per heavy atom. The minimum atomic E-state index is 0.0416. The van der Waals surface area contributed by atoms with Crippen molar-refractivity contribution in [2.45, 2.75) is 44.6 Å². The summed E-state index contributed by atoms with van der Waals surface area (Å²) in [5, 5.41) is 12.1. The van der Waals surface area contributed by atoms with Gasteiger partial charge in [0.25, 0.3) is 0 Å². The molecule has 0 saturated heterocycles. The largest absolute Gasteiger partial charge is 0.395 e. The first-order valence-corrected chi connectivity index (χ1v) is 7.99. The fraction of sp³-hybridized carbons (Fsp3) is 0.588. The Balaban J connectivity index is 1.79. The SMILES string of the molecule is O=C(CCN(CCO)C1CCCCC1)Nc1ccccc1. The van der Waals surface area contributed by atoms with Gasteiger partial charge in [-0.25, -0.2) is 0 Å². The Morgan fingerprint density at radius 2 is 1.86 bits per heavy atom. The number of aliphatic hydroxyl groups excluding tert-OH is 1. The molecule has 116 valence electrons. The number of amides is 1. The van der Waals surface area contributed by atoms with E-state index in [1.807, 2.05) is 30.3 Å². The van der Waals surface area contributed by atoms with Gasteiger partial charge >= 0.3 is 0 Å². The monoisotopic (exact) mass is 290 g/mol. The van der Waals surface area contributed by atoms with Crippen molar-refractivity contribution in [3.63, 3.8) is 0 Å². The summed E-state index contributed by atoms with van der Waals surface area (Å²) in [5.41, 5.74) is 0.842. The van der Waals surface area contributed by atoms with Crippen LogP contribution in [-0.2, 0) is 4.79 Å². The minimum Gasteiger partial charge on any atom is -0.395 e. The number of carbonyl (C=O) groups excluding carboxylic acids is 1. The molecular weight excluding hydrogens is 264 g/mol. The van der Waals surface area contributed by atoms with E-state index in [-0.39, 0.29) is 12.5 Å². The van der Waals surface area contributed by atoms with Crippen molar-refractivity contribution in [2.24, 2.45) is 0 Å². The standard InChI is InChI=1S/C17H26N2O2/c20-14-13-19(16-9-5-2-6-10-16)12-11-17(21)18-15-7-3-1-4-8-15/h1,3-4,7-8,16,20H,2,5-6,9-14H2,(H,18,21). The van der Waals surface area contributed by atoms with Crippen LogP contribution in [0.25, 0.3) is 0 Å². The Hall–Kier alpha value is -1.39. The van der Waals surface area contributed by atoms with Crippen molar-refractivity contribution in [1.82, 2.24) is 4.90 Å². The van der Waals surface area contributed by atoms with Gasteiger partial charge in [0.2, 0.25) is 5.91 Å². The third kappa shape index (κ3) is 5.48. The predicted molar refractivity (Wildman–Crippen MR) is 85.2 cm³/mol. The lowest BCUT2D eigenvalue weighted by atomic mass is 9.94. The number of aliphatic hydroxyl groups is 1. The minimum absolute atomic E-state index is 0.0416. The maximum absolute atomic E-state index is 12.0. The topological polar surface area (TPSA) is 52.6 Å². The van der Waals surface area contributed by atoms with E-state index in [1.165, 1.54) is 32.1 Å². The number of nitrogens with one attached hydrogen (secondary N) is 1. The van der Waals surface area contributed by atoms with E-state index in [4.69, 9.17) is 0 Å². The quantitative estimate of drug-likeness (QED) is 0.811. The number of hydrogen-bond acceptors (Lipinski definition) is 3. The first-order chi connectivity index (χ1) is 10.3. The summed E-state index contributed by atoms with van der Waals surface area (Å²) in [6, 6.07) is 10.1. The van der Waals surface area contributed by atoms with Crippen molar-refractivity contribution in [1.29, 1.82) is 0 Å². The molecule has 2 N–H and O–H groups in total. The molecule has 1 aliphatic rings. The van der Waals surface area contributed by atoms with Crippen molar-refractivity contribution >= 4 is 11.6 Å². The normalized spacial score (nSPS) is 16.1. The second-order valence-corrected chi connectivity index (χ2v) is 5.72. The average molecular weight is 290 g/mol. The third-order valence-corrected chi connectivity index (χ3v) is 4.16. The van der Waals surface area contributed by atoms with E-state index in [9.17, 15) is 9.90 Å². The molecule has 1 amide bonds. The van der Waals surface area contributed by atoms with E-state index in [0.717, 1.165) is 12.2 Å². The van der Waals surface area contributed by atoms with Gasteiger partial charge in [0, 0.05) is 31.2 Å². The lowest BCUT2D eigenvalue weighted by Crippen LogP contribution is -2.40. The second kappa shape index (κ2) is 8.80. The molecule has 21 heavy (non-hydrogen) atoms. The third-order valence-electron chi connectivity index (χ3n) is 4.16. The van der Waals surface area contributed by atoms with Crippen LogP contribution in [-0.4, -0.2) is 41.7 Å². The molecule has 0 unspecified atom stereocenters. The van der Waals surface area contributed by atoms with E-state index in [0.29, 0.717) is 19.0 Å². The van der Waals surface area contributed by atoms with Gasteiger partial charge in [-0.05, 0) is 25.0 Å². The highest BCUT2D eigenvalue weighted by Gasteiger charge is 2.21. The molecule has 4 heteroatoms. The van der Waals surface area contributed by atoms with Crippen molar-refractivity contribution < 1.29 is 9.90 Å². The summed E-state index contributed by atoms with van der Waals surface area (Å²) < 4.78 is 0. The number of nitrogens with zero attached hydrogens (tertiary/aromatic N) is 1. The van der Waals surface area contributed by atoms with Gasteiger partial charge in [-0.15, -0.1) is 0 Å². The summed E-state index contributed by atoms with van der Waals surface area (Å²) >= 11 is 0. The smallest absolute Gasteiger partial charge is 0.225 e. The summed E-state index contributed by atoms with van der Waals surface area (Å²) in [5.74, 6) is 0.0416. The van der Waals surface area contributed by atoms with Crippen molar-refractivity contribution in [3.8, 4) is 0 Å². The summed E-state index contributed by atoms with van der Waals surface area (Å²) in [6.45, 7) is 1.56. The van der Waals surface area contributed by atoms with Crippen LogP contribution in [0.4, 0.5) is 5.69 Å². The zero-order chi connectivity index (χ0) is 14.9. The van der Waals surface area contributed by atoms with E-state index < -0.39 is 0 Å². The first kappa shape index (κ1) is 16.0. The van der Waals surface area contributed by atoms with Gasteiger partial charge < -0.3 is 10.4 Å². The lowest BCUT2D eigenvalue weighted by Gasteiger charge is -2.33. The zero-order valence-electron chi connectivity index (χ0n) is 12.6. The highest BCUT2D eigenvalue weighted by atomic mass is 16.3. The molecule has 1 aliphatic carbocycles. The Bertz CT molecular complexity index is 416. The molecule has 0 radical (unpaired) electrons. The van der Waals surface area contributed by atoms with Crippen molar-refractivity contribution in [2.75, 3.05) is 25.0 Å². The fourth-order valence-corrected chi connectivity index (χ4v) is 3.04. The molecule has 0 spiro atoms. The summed E-state index contributed by atoms with van der Waals surface area (Å²) in [7, 11) is 0. The molecule has 0 bridgehead atoms. The van der Waals surface area contributed by atoms with E-state index in [1.54, 1.807) is 0 Å². The van der Waals surface area contributed by atoms with Gasteiger partial charge in [-0.3, -0.25) is 9.69 Å². The van der Waals surface area contributed by atoms with Gasteiger partial charge in [-0.1, -0.05) is 37.5 Å². The van der Waals surface area contributed by atoms with Gasteiger partial charge in [0.15, 0.2) is 0 Å². The van der Waals surface area contributed by atoms with Crippen LogP contribution >= 0.6 is 0 Å². The maximum Gasteiger partial charge on any atom is 0.225 e. The second-order valence-electron chi connectivity index (χ2n) is 5.72. The average Bonchev–Trinajstić information content (AvgIpc) is 2.53. The number of para-hydroxylation sites is 1. The highest BCUT2D eigenvalue weighted by Crippen LogP contribution is 2.22. The lowest BCUT2D eigenvalue weighted by molar-refractivity contribution is -0.116. The van der Waals surface area contributed by atoms with E-state index in [2.05, 4.69) is 10.2 Å². The van der Waals surface area contributed by atoms with Crippen LogP contribution < -0.4 is 5.32 Å². The Labute approximate surface area is 127 Å². The molecule has 0 atom stereocenters. The fourth-order valence-electron chi connectivity index (χ4n) is 3.04. The molecule has 0 aromatic heterocycles. The molecule has 1 saturated carbocycles. The van der Waals surface area contributed by atoms with Crippen LogP contribution in [0.1, 0.15) is 38.5 Å². The molecular formula is C17H26N2O2. The Morgan fingerprint density at radius 1 is 1.14 bits per heavy atom. The highest BCUT2D eigenvalue weighted by molar-refractivity contribution is 5.90. The summed E-state index contributed by atoms with van der Waals surface area (Å²) in [6.07, 6.45) is 6.72. The molecule has 1 aromatic carbocycles. The van der Waals surface area contributed by atoms with Crippen molar-refractivity contribution in [3.05, 3.63) is 30.3 Å². The molecule has 4 nitrogen and oxygen atoms in total. The van der Waals surface area contributed by atoms with Crippen LogP contribution in [0.15, 0.2) is 30.3 Å². The molecule has 0 aliphatic heterocycles. The molecule has 0 heterocycles. The van der Waals surface area contributed by atoms with E-state index >= 15 is 0 Å². The van der Waals surface area contributed by atoms with Crippen LogP contribution in [0, 0.1) is 0 Å². The molecule has 2 rings (SSSR count). The molecule has 1 aromatic rings. The number of carbonyl (C=O) groups is 1. The molecule has 1 fully saturated rings. The van der Waals surface area contributed by atoms with Gasteiger partial charge in [0.1, 0.15) is 0 Å². The Kier molecular flexibility index (Phi) is 6.70. The van der Waals surface area contributed by atoms with Gasteiger partial charge in [0.05, 0.1) is 6.61 Å². The number of hydrogen-bond donors (Lipinski definition) is 2. The van der Waals surface area contributed by atoms with Crippen LogP contribution in [0.3, 0.4) is 0 Å².